The normalized spacial score (nSPS) is 11.3. The maximum Gasteiger partial charge on any atom is 0.321 e. The Morgan fingerprint density at radius 3 is 2.45 bits per heavy atom. The van der Waals surface area contributed by atoms with E-state index >= 15 is 0 Å². The number of aromatic amines is 1. The van der Waals surface area contributed by atoms with Crippen molar-refractivity contribution in [2.75, 3.05) is 0 Å². The molecular formula is C22H14BrClN4O. The number of aromatic nitrogens is 4. The molecule has 2 aromatic carbocycles. The van der Waals surface area contributed by atoms with Crippen molar-refractivity contribution >= 4 is 49.3 Å². The Bertz CT molecular complexity index is 1350. The van der Waals surface area contributed by atoms with Gasteiger partial charge in [-0.3, -0.25) is 4.98 Å². The van der Waals surface area contributed by atoms with Crippen LogP contribution in [0.4, 0.5) is 0 Å². The van der Waals surface area contributed by atoms with E-state index < -0.39 is 0 Å². The van der Waals surface area contributed by atoms with Crippen LogP contribution in [0.1, 0.15) is 5.69 Å². The zero-order valence-electron chi connectivity index (χ0n) is 15.3. The molecule has 7 heteroatoms. The van der Waals surface area contributed by atoms with E-state index in [1.165, 1.54) is 0 Å². The van der Waals surface area contributed by atoms with Crippen LogP contribution in [0.25, 0.3) is 32.9 Å². The number of rotatable bonds is 3. The van der Waals surface area contributed by atoms with E-state index in [0.717, 1.165) is 43.1 Å². The molecule has 5 nitrogen and oxygen atoms in total. The maximum atomic E-state index is 6.45. The molecule has 3 aromatic heterocycles. The zero-order valence-corrected chi connectivity index (χ0v) is 17.6. The summed E-state index contributed by atoms with van der Waals surface area (Å²) in [5, 5.41) is 2.88. The monoisotopic (exact) mass is 464 g/mol. The first-order valence-corrected chi connectivity index (χ1v) is 10.1. The molecule has 0 aliphatic carbocycles. The van der Waals surface area contributed by atoms with Crippen LogP contribution in [0.3, 0.4) is 0 Å². The highest BCUT2D eigenvalue weighted by atomic mass is 79.9. The predicted octanol–water partition coefficient (Wildman–Crippen LogP) is 6.69. The highest BCUT2D eigenvalue weighted by Gasteiger charge is 2.13. The minimum Gasteiger partial charge on any atom is -0.424 e. The van der Waals surface area contributed by atoms with E-state index in [-0.39, 0.29) is 0 Å². The van der Waals surface area contributed by atoms with Crippen LogP contribution in [0.2, 0.25) is 5.02 Å². The van der Waals surface area contributed by atoms with Gasteiger partial charge in [-0.2, -0.15) is 0 Å². The number of hydrogen-bond donors (Lipinski definition) is 1. The quantitative estimate of drug-likeness (QED) is 0.322. The van der Waals surface area contributed by atoms with Crippen LogP contribution in [-0.2, 0) is 0 Å². The van der Waals surface area contributed by atoms with Gasteiger partial charge in [0.05, 0.1) is 21.2 Å². The van der Waals surface area contributed by atoms with E-state index in [0.29, 0.717) is 16.8 Å². The molecule has 0 saturated heterocycles. The lowest BCUT2D eigenvalue weighted by Crippen LogP contribution is -1.91. The molecule has 5 rings (SSSR count). The molecule has 0 aliphatic heterocycles. The molecule has 0 aliphatic rings. The average Bonchev–Trinajstić information content (AvgIpc) is 3.10. The minimum atomic E-state index is 0.296. The molecule has 0 atom stereocenters. The van der Waals surface area contributed by atoms with Gasteiger partial charge < -0.3 is 9.72 Å². The van der Waals surface area contributed by atoms with Crippen LogP contribution < -0.4 is 4.74 Å². The standard InChI is InChI=1S/C22H14BrClN4O/c1-12-20-17(6-7-25-12)19-9-15(24)8-18(21(19)28-20)13-2-4-16(5-3-13)29-22-26-10-14(23)11-27-22/h2-11,28H,1H3. The van der Waals surface area contributed by atoms with Gasteiger partial charge in [0.15, 0.2) is 0 Å². The molecule has 0 amide bonds. The largest absolute Gasteiger partial charge is 0.424 e. The van der Waals surface area contributed by atoms with E-state index in [4.69, 9.17) is 16.3 Å². The summed E-state index contributed by atoms with van der Waals surface area (Å²) in [5.41, 5.74) is 5.07. The summed E-state index contributed by atoms with van der Waals surface area (Å²) in [6, 6.07) is 14.0. The summed E-state index contributed by atoms with van der Waals surface area (Å²) in [4.78, 5) is 16.2. The predicted molar refractivity (Wildman–Crippen MR) is 119 cm³/mol. The van der Waals surface area contributed by atoms with E-state index in [1.54, 1.807) is 12.4 Å². The number of aryl methyl sites for hydroxylation is 1. The second-order valence-electron chi connectivity index (χ2n) is 6.63. The molecule has 29 heavy (non-hydrogen) atoms. The number of benzene rings is 2. The maximum absolute atomic E-state index is 6.45. The smallest absolute Gasteiger partial charge is 0.321 e. The summed E-state index contributed by atoms with van der Waals surface area (Å²) in [5.74, 6) is 0.658. The van der Waals surface area contributed by atoms with E-state index in [2.05, 4.69) is 35.9 Å². The molecule has 0 radical (unpaired) electrons. The van der Waals surface area contributed by atoms with Crippen molar-refractivity contribution in [2.24, 2.45) is 0 Å². The number of ether oxygens (including phenoxy) is 1. The number of hydrogen-bond acceptors (Lipinski definition) is 4. The summed E-state index contributed by atoms with van der Waals surface area (Å²) in [7, 11) is 0. The second kappa shape index (κ2) is 7.13. The fourth-order valence-electron chi connectivity index (χ4n) is 3.42. The van der Waals surface area contributed by atoms with Crippen LogP contribution >= 0.6 is 27.5 Å². The Balaban J connectivity index is 1.57. The molecular weight excluding hydrogens is 452 g/mol. The fraction of sp³-hybridized carbons (Fsp3) is 0.0455. The number of H-pyrrole nitrogens is 1. The molecule has 0 bridgehead atoms. The molecule has 0 unspecified atom stereocenters. The number of halogens is 2. The van der Waals surface area contributed by atoms with Crippen molar-refractivity contribution in [2.45, 2.75) is 6.92 Å². The van der Waals surface area contributed by atoms with Gasteiger partial charge in [0.25, 0.3) is 0 Å². The van der Waals surface area contributed by atoms with Crippen molar-refractivity contribution in [3.63, 3.8) is 0 Å². The molecule has 0 fully saturated rings. The van der Waals surface area contributed by atoms with Crippen LogP contribution in [0.15, 0.2) is 65.5 Å². The minimum absolute atomic E-state index is 0.296. The van der Waals surface area contributed by atoms with Gasteiger partial charge >= 0.3 is 6.01 Å². The molecule has 0 spiro atoms. The first-order chi connectivity index (χ1) is 14.1. The summed E-state index contributed by atoms with van der Waals surface area (Å²) < 4.78 is 6.51. The third-order valence-corrected chi connectivity index (χ3v) is 5.38. The second-order valence-corrected chi connectivity index (χ2v) is 7.98. The summed E-state index contributed by atoms with van der Waals surface area (Å²) >= 11 is 9.76. The van der Waals surface area contributed by atoms with Crippen molar-refractivity contribution in [1.82, 2.24) is 19.9 Å². The van der Waals surface area contributed by atoms with Gasteiger partial charge in [0.2, 0.25) is 0 Å². The van der Waals surface area contributed by atoms with Gasteiger partial charge in [-0.25, -0.2) is 9.97 Å². The zero-order chi connectivity index (χ0) is 20.0. The Kier molecular flexibility index (Phi) is 4.45. The molecule has 142 valence electrons. The third-order valence-electron chi connectivity index (χ3n) is 4.75. The van der Waals surface area contributed by atoms with E-state index in [1.807, 2.05) is 55.6 Å². The van der Waals surface area contributed by atoms with Gasteiger partial charge in [-0.1, -0.05) is 23.7 Å². The van der Waals surface area contributed by atoms with Crippen molar-refractivity contribution in [3.8, 4) is 22.9 Å². The lowest BCUT2D eigenvalue weighted by molar-refractivity contribution is 0.441. The van der Waals surface area contributed by atoms with Crippen LogP contribution in [0.5, 0.6) is 11.8 Å². The highest BCUT2D eigenvalue weighted by Crippen LogP contribution is 2.37. The first kappa shape index (κ1) is 18.1. The molecule has 5 aromatic rings. The Hall–Kier alpha value is -2.96. The summed E-state index contributed by atoms with van der Waals surface area (Å²) in [6.07, 6.45) is 5.11. The highest BCUT2D eigenvalue weighted by molar-refractivity contribution is 9.10. The van der Waals surface area contributed by atoms with Crippen molar-refractivity contribution in [1.29, 1.82) is 0 Å². The Morgan fingerprint density at radius 1 is 0.931 bits per heavy atom. The molecule has 1 N–H and O–H groups in total. The lowest BCUT2D eigenvalue weighted by Gasteiger charge is -2.07. The van der Waals surface area contributed by atoms with Gasteiger partial charge in [0, 0.05) is 39.9 Å². The fourth-order valence-corrected chi connectivity index (χ4v) is 3.84. The van der Waals surface area contributed by atoms with Crippen LogP contribution in [-0.4, -0.2) is 19.9 Å². The number of fused-ring (bicyclic) bond motifs is 3. The Labute approximate surface area is 179 Å². The van der Waals surface area contributed by atoms with Crippen molar-refractivity contribution < 1.29 is 4.74 Å². The first-order valence-electron chi connectivity index (χ1n) is 8.91. The summed E-state index contributed by atoms with van der Waals surface area (Å²) in [6.45, 7) is 2.00. The van der Waals surface area contributed by atoms with Gasteiger partial charge in [-0.15, -0.1) is 0 Å². The van der Waals surface area contributed by atoms with E-state index in [9.17, 15) is 0 Å². The lowest BCUT2D eigenvalue weighted by atomic mass is 10.0. The molecule has 3 heterocycles. The average molecular weight is 466 g/mol. The van der Waals surface area contributed by atoms with Crippen LogP contribution in [0, 0.1) is 6.92 Å². The van der Waals surface area contributed by atoms with Gasteiger partial charge in [-0.05, 0) is 58.7 Å². The third kappa shape index (κ3) is 3.34. The number of nitrogens with zero attached hydrogens (tertiary/aromatic N) is 3. The topological polar surface area (TPSA) is 63.7 Å². The SMILES string of the molecule is Cc1nccc2c1[nH]c1c(-c3ccc(Oc4ncc(Br)cn4)cc3)cc(Cl)cc12. The Morgan fingerprint density at radius 2 is 1.69 bits per heavy atom. The molecule has 0 saturated carbocycles. The van der Waals surface area contributed by atoms with Gasteiger partial charge in [0.1, 0.15) is 5.75 Å². The number of pyridine rings is 1. The van der Waals surface area contributed by atoms with Crippen molar-refractivity contribution in [3.05, 3.63) is 76.2 Å². The number of nitrogens with one attached hydrogen (secondary N) is 1.